The zero-order valence-corrected chi connectivity index (χ0v) is 10.4. The number of nitrogens with zero attached hydrogens (tertiary/aromatic N) is 1. The van der Waals surface area contributed by atoms with Gasteiger partial charge < -0.3 is 4.90 Å². The van der Waals surface area contributed by atoms with Crippen LogP contribution in [-0.2, 0) is 0 Å². The van der Waals surface area contributed by atoms with Crippen molar-refractivity contribution >= 4 is 43.3 Å². The molecule has 0 fully saturated rings. The zero-order valence-electron chi connectivity index (χ0n) is 7.77. The number of thiol groups is 3. The molecule has 13 heavy (non-hydrogen) atoms. The maximum atomic E-state index is 10.9. The Balaban J connectivity index is 3.93. The molecule has 0 aromatic carbocycles. The van der Waals surface area contributed by atoms with Crippen LogP contribution in [0.2, 0.25) is 0 Å². The Bertz CT molecular complexity index is 168. The monoisotopic (exact) mass is 240 g/mol. The van der Waals surface area contributed by atoms with E-state index in [0.29, 0.717) is 5.92 Å². The van der Waals surface area contributed by atoms with Crippen LogP contribution in [0.5, 0.6) is 0 Å². The van der Waals surface area contributed by atoms with Gasteiger partial charge in [-0.25, -0.2) is 0 Å². The van der Waals surface area contributed by atoms with E-state index in [2.05, 4.69) is 42.8 Å². The molecule has 6 heteroatoms. The van der Waals surface area contributed by atoms with E-state index in [1.807, 2.05) is 6.92 Å². The molecule has 0 bridgehead atoms. The molecule has 0 saturated heterocycles. The first-order valence-corrected chi connectivity index (χ1v) is 5.42. The maximum Gasteiger partial charge on any atom is 0.279 e. The third-order valence-corrected chi connectivity index (χ3v) is 3.31. The van der Waals surface area contributed by atoms with Gasteiger partial charge in [0.15, 0.2) is 0 Å². The second-order valence-electron chi connectivity index (χ2n) is 2.98. The Hall–Kier alpha value is 0.480. The van der Waals surface area contributed by atoms with E-state index in [9.17, 15) is 4.79 Å². The van der Waals surface area contributed by atoms with Crippen LogP contribution in [-0.4, -0.2) is 29.1 Å². The predicted octanol–water partition coefficient (Wildman–Crippen LogP) is 1.68. The molecule has 0 radical (unpaired) electrons. The standard InChI is InChI=1S/C7H16N2OS3/c1-5(3-4-8-13)6(11)9(2)7(10)12/h5-6,8,11,13H,3-4H2,1-2H3,(H,10,12). The van der Waals surface area contributed by atoms with Crippen LogP contribution in [0.4, 0.5) is 4.79 Å². The van der Waals surface area contributed by atoms with E-state index >= 15 is 0 Å². The first-order chi connectivity index (χ1) is 6.00. The molecule has 0 saturated carbocycles. The first-order valence-electron chi connectivity index (χ1n) is 4.01. The lowest BCUT2D eigenvalue weighted by molar-refractivity contribution is 0.219. The molecule has 3 nitrogen and oxygen atoms in total. The van der Waals surface area contributed by atoms with Crippen LogP contribution in [0.1, 0.15) is 13.3 Å². The van der Waals surface area contributed by atoms with Crippen molar-refractivity contribution in [3.8, 4) is 0 Å². The quantitative estimate of drug-likeness (QED) is 0.435. The number of carbonyl (C=O) groups is 1. The van der Waals surface area contributed by atoms with Crippen molar-refractivity contribution in [3.63, 3.8) is 0 Å². The summed E-state index contributed by atoms with van der Waals surface area (Å²) in [4.78, 5) is 12.4. The highest BCUT2D eigenvalue weighted by Crippen LogP contribution is 2.17. The number of carbonyl (C=O) groups excluding carboxylic acids is 1. The van der Waals surface area contributed by atoms with Crippen molar-refractivity contribution in [2.45, 2.75) is 18.7 Å². The summed E-state index contributed by atoms with van der Waals surface area (Å²) in [6, 6.07) is 0. The molecule has 0 aliphatic rings. The summed E-state index contributed by atoms with van der Waals surface area (Å²) < 4.78 is 2.76. The first kappa shape index (κ1) is 13.5. The minimum Gasteiger partial charge on any atom is -0.325 e. The average molecular weight is 240 g/mol. The molecular formula is C7H16N2OS3. The van der Waals surface area contributed by atoms with Crippen LogP contribution in [0, 0.1) is 5.92 Å². The molecule has 1 amide bonds. The minimum atomic E-state index is -0.259. The Morgan fingerprint density at radius 1 is 1.62 bits per heavy atom. The molecule has 0 aromatic rings. The fourth-order valence-electron chi connectivity index (χ4n) is 0.936. The number of hydrogen-bond acceptors (Lipinski definition) is 4. The second kappa shape index (κ2) is 6.86. The smallest absolute Gasteiger partial charge is 0.279 e. The molecule has 0 spiro atoms. The maximum absolute atomic E-state index is 10.9. The lowest BCUT2D eigenvalue weighted by Gasteiger charge is -2.27. The van der Waals surface area contributed by atoms with E-state index in [-0.39, 0.29) is 10.6 Å². The number of rotatable bonds is 5. The Kier molecular flexibility index (Phi) is 7.12. The zero-order chi connectivity index (χ0) is 10.4. The van der Waals surface area contributed by atoms with Gasteiger partial charge in [0.05, 0.1) is 5.37 Å². The second-order valence-corrected chi connectivity index (χ2v) is 4.21. The highest BCUT2D eigenvalue weighted by Gasteiger charge is 2.19. The highest BCUT2D eigenvalue weighted by atomic mass is 32.1. The van der Waals surface area contributed by atoms with Gasteiger partial charge in [-0.3, -0.25) is 9.52 Å². The van der Waals surface area contributed by atoms with Gasteiger partial charge in [0.1, 0.15) is 0 Å². The predicted molar refractivity (Wildman–Crippen MR) is 65.7 cm³/mol. The van der Waals surface area contributed by atoms with Gasteiger partial charge in [-0.2, -0.15) is 12.6 Å². The highest BCUT2D eigenvalue weighted by molar-refractivity contribution is 7.96. The summed E-state index contributed by atoms with van der Waals surface area (Å²) in [7, 11) is 1.69. The summed E-state index contributed by atoms with van der Waals surface area (Å²) >= 11 is 11.9. The molecule has 1 N–H and O–H groups in total. The number of amides is 1. The Morgan fingerprint density at radius 3 is 2.54 bits per heavy atom. The van der Waals surface area contributed by atoms with Gasteiger partial charge in [0.2, 0.25) is 0 Å². The largest absolute Gasteiger partial charge is 0.325 e. The molecule has 0 aliphatic heterocycles. The van der Waals surface area contributed by atoms with E-state index in [0.717, 1.165) is 13.0 Å². The molecule has 0 heterocycles. The lowest BCUT2D eigenvalue weighted by Crippen LogP contribution is -2.35. The van der Waals surface area contributed by atoms with Crippen molar-refractivity contribution in [1.82, 2.24) is 9.62 Å². The third-order valence-electron chi connectivity index (χ3n) is 1.92. The lowest BCUT2D eigenvalue weighted by atomic mass is 10.1. The molecule has 0 rings (SSSR count). The van der Waals surface area contributed by atoms with Crippen LogP contribution in [0.3, 0.4) is 0 Å². The molecular weight excluding hydrogens is 224 g/mol. The van der Waals surface area contributed by atoms with Gasteiger partial charge in [-0.05, 0) is 12.3 Å². The van der Waals surface area contributed by atoms with Crippen molar-refractivity contribution in [1.29, 1.82) is 0 Å². The fraction of sp³-hybridized carbons (Fsp3) is 0.857. The van der Waals surface area contributed by atoms with Crippen molar-refractivity contribution in [2.75, 3.05) is 13.6 Å². The van der Waals surface area contributed by atoms with Gasteiger partial charge in [0.25, 0.3) is 5.24 Å². The van der Waals surface area contributed by atoms with Gasteiger partial charge in [-0.15, -0.1) is 0 Å². The molecule has 0 aromatic heterocycles. The summed E-state index contributed by atoms with van der Waals surface area (Å²) in [6.07, 6.45) is 0.920. The number of hydrogen-bond donors (Lipinski definition) is 4. The van der Waals surface area contributed by atoms with Crippen LogP contribution in [0.25, 0.3) is 0 Å². The van der Waals surface area contributed by atoms with Gasteiger partial charge >= 0.3 is 0 Å². The van der Waals surface area contributed by atoms with Gasteiger partial charge in [-0.1, -0.05) is 32.4 Å². The topological polar surface area (TPSA) is 32.3 Å². The summed E-state index contributed by atoms with van der Waals surface area (Å²) in [5.74, 6) is 0.309. The molecule has 78 valence electrons. The van der Waals surface area contributed by atoms with Crippen molar-refractivity contribution < 1.29 is 4.79 Å². The Labute approximate surface area is 96.0 Å². The van der Waals surface area contributed by atoms with Crippen molar-refractivity contribution in [2.24, 2.45) is 5.92 Å². The Morgan fingerprint density at radius 2 is 2.15 bits per heavy atom. The van der Waals surface area contributed by atoms with Crippen LogP contribution >= 0.6 is 38.1 Å². The SMILES string of the molecule is CC(CCNS)C(S)N(C)C(=O)S. The van der Waals surface area contributed by atoms with E-state index < -0.39 is 0 Å². The number of nitrogens with one attached hydrogen (secondary N) is 1. The minimum absolute atomic E-state index is 0.0910. The normalized spacial score (nSPS) is 15.2. The summed E-state index contributed by atoms with van der Waals surface area (Å²) in [6.45, 7) is 2.84. The summed E-state index contributed by atoms with van der Waals surface area (Å²) in [5, 5.41) is -0.350. The van der Waals surface area contributed by atoms with E-state index in [4.69, 9.17) is 0 Å². The van der Waals surface area contributed by atoms with E-state index in [1.165, 1.54) is 4.90 Å². The van der Waals surface area contributed by atoms with Crippen LogP contribution < -0.4 is 4.72 Å². The van der Waals surface area contributed by atoms with Gasteiger partial charge in [0, 0.05) is 13.6 Å². The molecule has 2 atom stereocenters. The third kappa shape index (κ3) is 5.05. The van der Waals surface area contributed by atoms with Crippen LogP contribution in [0.15, 0.2) is 0 Å². The summed E-state index contributed by atoms with van der Waals surface area (Å²) in [5.41, 5.74) is 0. The van der Waals surface area contributed by atoms with Crippen molar-refractivity contribution in [3.05, 3.63) is 0 Å². The molecule has 0 aliphatic carbocycles. The average Bonchev–Trinajstić information content (AvgIpc) is 2.11. The molecule has 2 unspecified atom stereocenters. The van der Waals surface area contributed by atoms with E-state index in [1.54, 1.807) is 7.05 Å². The fourth-order valence-corrected chi connectivity index (χ4v) is 1.53.